The highest BCUT2D eigenvalue weighted by molar-refractivity contribution is 7.85. The lowest BCUT2D eigenvalue weighted by Crippen LogP contribution is -2.51. The van der Waals surface area contributed by atoms with E-state index in [0.29, 0.717) is 22.9 Å². The molecule has 0 heterocycles. The maximum Gasteiger partial charge on any atom is 0.116 e. The standard InChI is InChI=1S/C35H64N2O5S/c1-24(2)9-8-10-25(3)30-13-14-31-29-12-11-26-21-28(15-18-34(26,4)32(29)16-19-35(30,31)5)42-33(36)17-20-37(6,7)22-27(38)23-43(39,40)41/h11,24-25,27-33,38H,8-10,12-23,36H2,1-7H3/t25-,27?,28+,29+,30-,31+,32+,33?,34+,35-/m1/s1. The van der Waals surface area contributed by atoms with Crippen molar-refractivity contribution in [3.63, 3.8) is 0 Å². The number of rotatable bonds is 14. The molecule has 3 N–H and O–H groups in total. The number of hydrogen-bond donors (Lipinski definition) is 2. The highest BCUT2D eigenvalue weighted by Crippen LogP contribution is 2.67. The Kier molecular flexibility index (Phi) is 11.3. The van der Waals surface area contributed by atoms with Gasteiger partial charge in [0.15, 0.2) is 0 Å². The van der Waals surface area contributed by atoms with Gasteiger partial charge in [-0.1, -0.05) is 65.5 Å². The van der Waals surface area contributed by atoms with Crippen molar-refractivity contribution in [2.24, 2.45) is 52.1 Å². The molecule has 8 heteroatoms. The van der Waals surface area contributed by atoms with Gasteiger partial charge < -0.3 is 24.6 Å². The Morgan fingerprint density at radius 2 is 1.79 bits per heavy atom. The smallest absolute Gasteiger partial charge is 0.116 e. The van der Waals surface area contributed by atoms with Gasteiger partial charge in [0.2, 0.25) is 0 Å². The fraction of sp³-hybridized carbons (Fsp3) is 0.943. The van der Waals surface area contributed by atoms with Crippen LogP contribution in [0.1, 0.15) is 112 Å². The Hall–Kier alpha value is -0.510. The number of allylic oxidation sites excluding steroid dienone is 1. The van der Waals surface area contributed by atoms with Gasteiger partial charge in [-0.3, -0.25) is 0 Å². The Bertz CT molecular complexity index is 1080. The molecule has 250 valence electrons. The van der Waals surface area contributed by atoms with Gasteiger partial charge in [0, 0.05) is 6.42 Å². The van der Waals surface area contributed by atoms with Gasteiger partial charge in [-0.2, -0.15) is 0 Å². The SMILES string of the molecule is CC(C)CCC[C@@H](C)[C@H]1CC[C@H]2[C@@H]3CC=C4C[C@@H](OC(N)CC[N+](C)(C)CC(O)CS(=O)(=O)[O-])CC[C@]4(C)[C@H]3CC[C@]12C. The largest absolute Gasteiger partial charge is 0.748 e. The van der Waals surface area contributed by atoms with E-state index in [1.807, 2.05) is 14.1 Å². The van der Waals surface area contributed by atoms with E-state index in [1.165, 1.54) is 57.8 Å². The minimum Gasteiger partial charge on any atom is -0.748 e. The summed E-state index contributed by atoms with van der Waals surface area (Å²) in [6.45, 7) is 13.3. The average Bonchev–Trinajstić information content (AvgIpc) is 3.23. The fourth-order valence-electron chi connectivity index (χ4n) is 10.5. The second kappa shape index (κ2) is 13.7. The van der Waals surface area contributed by atoms with E-state index in [-0.39, 0.29) is 18.1 Å². The summed E-state index contributed by atoms with van der Waals surface area (Å²) in [6, 6.07) is 0. The molecule has 43 heavy (non-hydrogen) atoms. The van der Waals surface area contributed by atoms with Crippen LogP contribution >= 0.6 is 0 Å². The van der Waals surface area contributed by atoms with Crippen molar-refractivity contribution in [2.75, 3.05) is 32.9 Å². The summed E-state index contributed by atoms with van der Waals surface area (Å²) < 4.78 is 39.8. The second-order valence-electron chi connectivity index (χ2n) is 16.8. The molecule has 0 radical (unpaired) electrons. The van der Waals surface area contributed by atoms with Gasteiger partial charge in [-0.05, 0) is 97.7 Å². The Labute approximate surface area is 263 Å². The molecule has 0 aromatic carbocycles. The summed E-state index contributed by atoms with van der Waals surface area (Å²) in [5.74, 6) is 4.27. The number of nitrogens with zero attached hydrogens (tertiary/aromatic N) is 1. The number of quaternary nitrogens is 1. The molecule has 0 amide bonds. The first kappa shape index (κ1) is 35.3. The number of ether oxygens (including phenoxy) is 1. The van der Waals surface area contributed by atoms with Gasteiger partial charge in [0.05, 0.1) is 42.6 Å². The van der Waals surface area contributed by atoms with Crippen molar-refractivity contribution in [1.82, 2.24) is 0 Å². The minimum atomic E-state index is -4.45. The van der Waals surface area contributed by atoms with Crippen LogP contribution < -0.4 is 5.73 Å². The fourth-order valence-corrected chi connectivity index (χ4v) is 11.1. The van der Waals surface area contributed by atoms with Crippen molar-refractivity contribution in [3.05, 3.63) is 11.6 Å². The van der Waals surface area contributed by atoms with Crippen LogP contribution in [-0.4, -0.2) is 73.9 Å². The molecule has 0 aromatic rings. The molecule has 0 aromatic heterocycles. The van der Waals surface area contributed by atoms with E-state index in [2.05, 4.69) is 40.7 Å². The second-order valence-corrected chi connectivity index (χ2v) is 18.3. The molecule has 2 unspecified atom stereocenters. The lowest BCUT2D eigenvalue weighted by Gasteiger charge is -2.58. The van der Waals surface area contributed by atoms with Crippen molar-refractivity contribution in [2.45, 2.75) is 130 Å². The van der Waals surface area contributed by atoms with Crippen LogP contribution in [0.3, 0.4) is 0 Å². The lowest BCUT2D eigenvalue weighted by atomic mass is 9.47. The zero-order valence-corrected chi connectivity index (χ0v) is 29.2. The number of hydrogen-bond acceptors (Lipinski definition) is 6. The zero-order chi connectivity index (χ0) is 31.8. The quantitative estimate of drug-likeness (QED) is 0.105. The van der Waals surface area contributed by atoms with E-state index in [0.717, 1.165) is 48.3 Å². The van der Waals surface area contributed by atoms with Crippen molar-refractivity contribution in [3.8, 4) is 0 Å². The lowest BCUT2D eigenvalue weighted by molar-refractivity contribution is -0.893. The van der Waals surface area contributed by atoms with E-state index >= 15 is 0 Å². The molecule has 3 saturated carbocycles. The summed E-state index contributed by atoms with van der Waals surface area (Å²) in [4.78, 5) is 0. The summed E-state index contributed by atoms with van der Waals surface area (Å²) >= 11 is 0. The molecule has 7 nitrogen and oxygen atoms in total. The van der Waals surface area contributed by atoms with E-state index in [9.17, 15) is 18.1 Å². The van der Waals surface area contributed by atoms with Crippen LogP contribution in [0.4, 0.5) is 0 Å². The topological polar surface area (TPSA) is 113 Å². The first-order valence-corrected chi connectivity index (χ1v) is 19.1. The molecule has 4 aliphatic carbocycles. The molecule has 3 fully saturated rings. The molecular formula is C35H64N2O5S. The van der Waals surface area contributed by atoms with E-state index in [1.54, 1.807) is 5.57 Å². The number of nitrogens with two attached hydrogens (primary N) is 1. The average molecular weight is 625 g/mol. The summed E-state index contributed by atoms with van der Waals surface area (Å²) in [5.41, 5.74) is 8.85. The van der Waals surface area contributed by atoms with Gasteiger partial charge in [0.25, 0.3) is 0 Å². The van der Waals surface area contributed by atoms with Gasteiger partial charge in [-0.15, -0.1) is 0 Å². The van der Waals surface area contributed by atoms with Crippen LogP contribution in [0.15, 0.2) is 11.6 Å². The summed E-state index contributed by atoms with van der Waals surface area (Å²) in [5, 5.41) is 10.0. The maximum atomic E-state index is 11.0. The normalized spacial score (nSPS) is 36.8. The van der Waals surface area contributed by atoms with Crippen LogP contribution in [0.25, 0.3) is 0 Å². The molecule has 0 bridgehead atoms. The monoisotopic (exact) mass is 624 g/mol. The third-order valence-electron chi connectivity index (χ3n) is 12.7. The van der Waals surface area contributed by atoms with Crippen molar-refractivity contribution < 1.29 is 27.3 Å². The molecule has 4 rings (SSSR count). The molecule has 0 aliphatic heterocycles. The van der Waals surface area contributed by atoms with Crippen molar-refractivity contribution >= 4 is 10.1 Å². The van der Waals surface area contributed by atoms with Crippen LogP contribution in [0.5, 0.6) is 0 Å². The summed E-state index contributed by atoms with van der Waals surface area (Å²) in [7, 11) is -0.623. The van der Waals surface area contributed by atoms with E-state index in [4.69, 9.17) is 10.5 Å². The Morgan fingerprint density at radius 3 is 2.47 bits per heavy atom. The molecule has 0 saturated heterocycles. The third-order valence-corrected chi connectivity index (χ3v) is 13.5. The highest BCUT2D eigenvalue weighted by Gasteiger charge is 2.59. The van der Waals surface area contributed by atoms with E-state index < -0.39 is 28.2 Å². The number of likely N-dealkylation sites (N-methyl/N-ethyl adjacent to an activating group) is 1. The third kappa shape index (κ3) is 8.45. The Morgan fingerprint density at radius 1 is 1.07 bits per heavy atom. The molecule has 10 atom stereocenters. The van der Waals surface area contributed by atoms with Gasteiger partial charge >= 0.3 is 0 Å². The minimum absolute atomic E-state index is 0.133. The van der Waals surface area contributed by atoms with Gasteiger partial charge in [0.1, 0.15) is 18.9 Å². The van der Waals surface area contributed by atoms with Crippen molar-refractivity contribution in [1.29, 1.82) is 0 Å². The number of fused-ring (bicyclic) bond motifs is 5. The van der Waals surface area contributed by atoms with Gasteiger partial charge in [-0.25, -0.2) is 8.42 Å². The summed E-state index contributed by atoms with van der Waals surface area (Å²) in [6.07, 6.45) is 16.0. The number of aliphatic hydroxyl groups is 1. The highest BCUT2D eigenvalue weighted by atomic mass is 32.2. The van der Waals surface area contributed by atoms with Crippen LogP contribution in [0.2, 0.25) is 0 Å². The number of aliphatic hydroxyl groups excluding tert-OH is 1. The maximum absolute atomic E-state index is 11.0. The predicted octanol–water partition coefficient (Wildman–Crippen LogP) is 6.07. The molecule has 0 spiro atoms. The van der Waals surface area contributed by atoms with Crippen LogP contribution in [-0.2, 0) is 14.9 Å². The van der Waals surface area contributed by atoms with Crippen LogP contribution in [0, 0.1) is 46.3 Å². The predicted molar refractivity (Wildman–Crippen MR) is 173 cm³/mol. The molecule has 4 aliphatic rings. The molecular weight excluding hydrogens is 560 g/mol. The zero-order valence-electron chi connectivity index (χ0n) is 28.4. The Balaban J connectivity index is 1.31. The first-order chi connectivity index (χ1) is 19.9. The first-order valence-electron chi connectivity index (χ1n) is 17.5.